The van der Waals surface area contributed by atoms with E-state index in [0.717, 1.165) is 42.3 Å². The Kier molecular flexibility index (Phi) is 4.47. The van der Waals surface area contributed by atoms with Gasteiger partial charge < -0.3 is 25.8 Å². The van der Waals surface area contributed by atoms with Gasteiger partial charge in [-0.3, -0.25) is 4.79 Å². The largest absolute Gasteiger partial charge is 0.490 e. The van der Waals surface area contributed by atoms with Gasteiger partial charge in [0, 0.05) is 24.7 Å². The second kappa shape index (κ2) is 6.94. The maximum absolute atomic E-state index is 11.9. The second-order valence-corrected chi connectivity index (χ2v) is 7.12. The van der Waals surface area contributed by atoms with Crippen LogP contribution < -0.4 is 20.7 Å². The molecule has 4 rings (SSSR count). The summed E-state index contributed by atoms with van der Waals surface area (Å²) < 4.78 is 6.01. The lowest BCUT2D eigenvalue weighted by Crippen LogP contribution is -2.36. The molecule has 2 aliphatic rings. The number of nitrogens with zero attached hydrogens (tertiary/aromatic N) is 2. The van der Waals surface area contributed by atoms with E-state index in [4.69, 9.17) is 15.6 Å². The number of anilines is 1. The molecule has 1 aliphatic carbocycles. The van der Waals surface area contributed by atoms with Crippen LogP contribution in [0.3, 0.4) is 0 Å². The van der Waals surface area contributed by atoms with Gasteiger partial charge in [0.15, 0.2) is 0 Å². The Morgan fingerprint density at radius 3 is 2.78 bits per heavy atom. The number of rotatable bonds is 5. The van der Waals surface area contributed by atoms with E-state index in [1.165, 1.54) is 0 Å². The molecule has 2 aromatic rings. The topological polar surface area (TPSA) is 118 Å². The van der Waals surface area contributed by atoms with Crippen LogP contribution in [0.5, 0.6) is 5.75 Å². The van der Waals surface area contributed by atoms with Gasteiger partial charge in [-0.25, -0.2) is 9.78 Å². The van der Waals surface area contributed by atoms with Gasteiger partial charge in [0.1, 0.15) is 11.6 Å². The first-order chi connectivity index (χ1) is 13.0. The molecule has 8 heteroatoms. The van der Waals surface area contributed by atoms with Crippen molar-refractivity contribution >= 4 is 28.6 Å². The number of carbonyl (C=O) groups excluding carboxylic acids is 1. The summed E-state index contributed by atoms with van der Waals surface area (Å²) >= 11 is 0. The number of nitrogens with one attached hydrogen (secondary N) is 1. The average molecular weight is 370 g/mol. The van der Waals surface area contributed by atoms with Gasteiger partial charge in [0.2, 0.25) is 0 Å². The molecule has 8 nitrogen and oxygen atoms in total. The van der Waals surface area contributed by atoms with E-state index in [2.05, 4.69) is 15.2 Å². The lowest BCUT2D eigenvalue weighted by atomic mass is 9.96. The molecule has 1 aromatic carbocycles. The van der Waals surface area contributed by atoms with Crippen molar-refractivity contribution in [2.45, 2.75) is 37.8 Å². The molecule has 1 saturated heterocycles. The second-order valence-electron chi connectivity index (χ2n) is 7.12. The molecule has 2 heterocycles. The van der Waals surface area contributed by atoms with E-state index >= 15 is 0 Å². The normalized spacial score (nSPS) is 19.7. The third kappa shape index (κ3) is 3.47. The molecule has 2 amide bonds. The molecule has 142 valence electrons. The first-order valence-electron chi connectivity index (χ1n) is 9.15. The van der Waals surface area contributed by atoms with Crippen LogP contribution in [0.2, 0.25) is 0 Å². The summed E-state index contributed by atoms with van der Waals surface area (Å²) in [7, 11) is 0. The van der Waals surface area contributed by atoms with E-state index in [-0.39, 0.29) is 12.1 Å². The van der Waals surface area contributed by atoms with Crippen molar-refractivity contribution in [2.75, 3.05) is 18.0 Å². The maximum atomic E-state index is 11.9. The predicted molar refractivity (Wildman–Crippen MR) is 100 cm³/mol. The quantitative estimate of drug-likeness (QED) is 0.742. The van der Waals surface area contributed by atoms with E-state index in [1.54, 1.807) is 12.3 Å². The van der Waals surface area contributed by atoms with E-state index < -0.39 is 12.0 Å². The van der Waals surface area contributed by atoms with Gasteiger partial charge in [0.05, 0.1) is 17.7 Å². The number of nitrogens with two attached hydrogens (primary N) is 1. The van der Waals surface area contributed by atoms with Crippen LogP contribution in [0.15, 0.2) is 24.4 Å². The number of primary amides is 1. The van der Waals surface area contributed by atoms with Gasteiger partial charge in [-0.1, -0.05) is 0 Å². The Bertz CT molecular complexity index is 897. The summed E-state index contributed by atoms with van der Waals surface area (Å²) in [5.74, 6) is 0.738. The number of hydrogen-bond donors (Lipinski definition) is 3. The lowest BCUT2D eigenvalue weighted by Gasteiger charge is -2.27. The molecule has 0 radical (unpaired) electrons. The number of carbonyl (C=O) groups is 2. The zero-order chi connectivity index (χ0) is 19.0. The first-order valence-corrected chi connectivity index (χ1v) is 9.15. The minimum Gasteiger partial charge on any atom is -0.490 e. The van der Waals surface area contributed by atoms with E-state index in [1.807, 2.05) is 12.1 Å². The number of aromatic nitrogens is 1. The summed E-state index contributed by atoms with van der Waals surface area (Å²) in [5, 5.41) is 13.2. The zero-order valence-corrected chi connectivity index (χ0v) is 14.9. The summed E-state index contributed by atoms with van der Waals surface area (Å²) in [6.07, 6.45) is 4.59. The number of carboxylic acid groups (broad SMARTS) is 1. The molecule has 1 unspecified atom stereocenters. The lowest BCUT2D eigenvalue weighted by molar-refractivity contribution is 0.0972. The van der Waals surface area contributed by atoms with Crippen LogP contribution in [0.1, 0.15) is 36.0 Å². The Hall–Kier alpha value is -3.03. The molecule has 1 saturated carbocycles. The van der Waals surface area contributed by atoms with Gasteiger partial charge in [0.25, 0.3) is 5.91 Å². The Morgan fingerprint density at radius 1 is 1.30 bits per heavy atom. The van der Waals surface area contributed by atoms with Crippen molar-refractivity contribution in [1.29, 1.82) is 0 Å². The van der Waals surface area contributed by atoms with Gasteiger partial charge in [-0.15, -0.1) is 0 Å². The average Bonchev–Trinajstić information content (AvgIpc) is 3.04. The van der Waals surface area contributed by atoms with Crippen LogP contribution in [0, 0.1) is 0 Å². The number of fused-ring (bicyclic) bond motifs is 1. The summed E-state index contributed by atoms with van der Waals surface area (Å²) in [6.45, 7) is 1.25. The standard InChI is InChI=1S/C19H22N4O4/c20-17(24)15-8-11-4-6-21-18(23-7-5-12(10-23)22-19(25)26)14(11)9-16(15)27-13-2-1-3-13/h4,6,8-9,12-13,22H,1-3,5,7,10H2,(H2,20,24)(H,25,26). The summed E-state index contributed by atoms with van der Waals surface area (Å²) in [5.41, 5.74) is 5.93. The number of pyridine rings is 1. The predicted octanol–water partition coefficient (Wildman–Crippen LogP) is 2.11. The molecule has 27 heavy (non-hydrogen) atoms. The fraction of sp³-hybridized carbons (Fsp3) is 0.421. The highest BCUT2D eigenvalue weighted by Crippen LogP contribution is 2.35. The zero-order valence-electron chi connectivity index (χ0n) is 14.9. The number of amides is 2. The van der Waals surface area contributed by atoms with Crippen LogP contribution in [-0.2, 0) is 0 Å². The van der Waals surface area contributed by atoms with Gasteiger partial charge >= 0.3 is 6.09 Å². The van der Waals surface area contributed by atoms with Crippen molar-refractivity contribution in [3.05, 3.63) is 30.0 Å². The smallest absolute Gasteiger partial charge is 0.404 e. The number of ether oxygens (including phenoxy) is 1. The van der Waals surface area contributed by atoms with E-state index in [9.17, 15) is 9.59 Å². The minimum absolute atomic E-state index is 0.122. The molecule has 1 aromatic heterocycles. The summed E-state index contributed by atoms with van der Waals surface area (Å²) in [6, 6.07) is 5.30. The molecular formula is C19H22N4O4. The fourth-order valence-corrected chi connectivity index (χ4v) is 3.64. The van der Waals surface area contributed by atoms with E-state index in [0.29, 0.717) is 24.4 Å². The number of hydrogen-bond acceptors (Lipinski definition) is 5. The fourth-order valence-electron chi connectivity index (χ4n) is 3.64. The highest BCUT2D eigenvalue weighted by atomic mass is 16.5. The molecule has 1 aliphatic heterocycles. The Labute approximate surface area is 156 Å². The molecule has 4 N–H and O–H groups in total. The highest BCUT2D eigenvalue weighted by molar-refractivity contribution is 6.03. The molecule has 2 fully saturated rings. The van der Waals surface area contributed by atoms with Gasteiger partial charge in [-0.2, -0.15) is 0 Å². The van der Waals surface area contributed by atoms with Crippen molar-refractivity contribution in [2.24, 2.45) is 5.73 Å². The van der Waals surface area contributed by atoms with Crippen LogP contribution in [-0.4, -0.2) is 47.3 Å². The monoisotopic (exact) mass is 370 g/mol. The molecule has 0 spiro atoms. The maximum Gasteiger partial charge on any atom is 0.404 e. The molecule has 0 bridgehead atoms. The minimum atomic E-state index is -1.02. The van der Waals surface area contributed by atoms with Crippen LogP contribution in [0.25, 0.3) is 10.8 Å². The first kappa shape index (κ1) is 17.4. The Balaban J connectivity index is 1.70. The highest BCUT2D eigenvalue weighted by Gasteiger charge is 2.27. The Morgan fingerprint density at radius 2 is 2.11 bits per heavy atom. The summed E-state index contributed by atoms with van der Waals surface area (Å²) in [4.78, 5) is 29.3. The number of benzene rings is 1. The molecule has 1 atom stereocenters. The third-order valence-corrected chi connectivity index (χ3v) is 5.27. The van der Waals surface area contributed by atoms with Crippen molar-refractivity contribution in [1.82, 2.24) is 10.3 Å². The van der Waals surface area contributed by atoms with Gasteiger partial charge in [-0.05, 0) is 49.3 Å². The molecular weight excluding hydrogens is 348 g/mol. The van der Waals surface area contributed by atoms with Crippen LogP contribution >= 0.6 is 0 Å². The third-order valence-electron chi connectivity index (χ3n) is 5.27. The van der Waals surface area contributed by atoms with Crippen molar-refractivity contribution in [3.63, 3.8) is 0 Å². The van der Waals surface area contributed by atoms with Crippen LogP contribution in [0.4, 0.5) is 10.6 Å². The van der Waals surface area contributed by atoms with Crippen molar-refractivity contribution in [3.8, 4) is 5.75 Å². The van der Waals surface area contributed by atoms with Crippen molar-refractivity contribution < 1.29 is 19.4 Å². The SMILES string of the molecule is NC(=O)c1cc2ccnc(N3CCC(NC(=O)O)C3)c2cc1OC1CCC1.